The van der Waals surface area contributed by atoms with Crippen LogP contribution in [0.25, 0.3) is 0 Å². The summed E-state index contributed by atoms with van der Waals surface area (Å²) in [6, 6.07) is 15.5. The number of halogens is 1. The van der Waals surface area contributed by atoms with E-state index in [1.165, 1.54) is 12.3 Å². The summed E-state index contributed by atoms with van der Waals surface area (Å²) in [5.74, 6) is 0.322. The zero-order chi connectivity index (χ0) is 19.2. The molecule has 0 fully saturated rings. The topological polar surface area (TPSA) is 80.6 Å². The van der Waals surface area contributed by atoms with Crippen LogP contribution in [0.5, 0.6) is 5.75 Å². The van der Waals surface area contributed by atoms with Crippen LogP contribution in [0.1, 0.15) is 32.0 Å². The first-order valence-corrected chi connectivity index (χ1v) is 8.53. The Labute approximate surface area is 161 Å². The summed E-state index contributed by atoms with van der Waals surface area (Å²) >= 11 is 5.83. The van der Waals surface area contributed by atoms with Gasteiger partial charge >= 0.3 is 0 Å². The van der Waals surface area contributed by atoms with E-state index >= 15 is 0 Å². The van der Waals surface area contributed by atoms with Crippen molar-refractivity contribution in [1.29, 1.82) is 0 Å². The van der Waals surface area contributed by atoms with Gasteiger partial charge in [0.15, 0.2) is 0 Å². The molecule has 2 aromatic carbocycles. The number of nitrogens with one attached hydrogen (secondary N) is 2. The molecular formula is C20H17ClN2O4. The molecule has 1 aromatic heterocycles. The van der Waals surface area contributed by atoms with Gasteiger partial charge in [0.25, 0.3) is 11.8 Å². The fraction of sp³-hybridized carbons (Fsp3) is 0.100. The molecule has 3 rings (SSSR count). The van der Waals surface area contributed by atoms with E-state index in [0.29, 0.717) is 34.3 Å². The largest absolute Gasteiger partial charge is 0.489 e. The highest BCUT2D eigenvalue weighted by Gasteiger charge is 2.13. The minimum absolute atomic E-state index is 0.361. The number of aryl methyl sites for hydroxylation is 1. The lowest BCUT2D eigenvalue weighted by Gasteiger charge is -2.09. The van der Waals surface area contributed by atoms with Crippen LogP contribution in [0.4, 0.5) is 0 Å². The minimum Gasteiger partial charge on any atom is -0.489 e. The molecule has 0 bridgehead atoms. The molecule has 7 heteroatoms. The fourth-order valence-electron chi connectivity index (χ4n) is 2.32. The Morgan fingerprint density at radius 2 is 1.63 bits per heavy atom. The van der Waals surface area contributed by atoms with Crippen molar-refractivity contribution in [3.05, 3.63) is 88.3 Å². The number of hydrogen-bond acceptors (Lipinski definition) is 4. The first-order chi connectivity index (χ1) is 13.0. The van der Waals surface area contributed by atoms with Gasteiger partial charge < -0.3 is 9.15 Å². The van der Waals surface area contributed by atoms with Crippen molar-refractivity contribution in [2.75, 3.05) is 0 Å². The molecule has 1 heterocycles. The Kier molecular flexibility index (Phi) is 5.78. The molecule has 6 nitrogen and oxygen atoms in total. The maximum Gasteiger partial charge on any atom is 0.273 e. The molecular weight excluding hydrogens is 368 g/mol. The van der Waals surface area contributed by atoms with E-state index in [1.807, 2.05) is 0 Å². The van der Waals surface area contributed by atoms with E-state index in [0.717, 1.165) is 5.56 Å². The number of carbonyl (C=O) groups is 2. The molecule has 0 saturated heterocycles. The minimum atomic E-state index is -0.442. The number of rotatable bonds is 5. The highest BCUT2D eigenvalue weighted by Crippen LogP contribution is 2.17. The van der Waals surface area contributed by atoms with Crippen molar-refractivity contribution >= 4 is 23.4 Å². The van der Waals surface area contributed by atoms with Crippen molar-refractivity contribution in [1.82, 2.24) is 10.9 Å². The number of amides is 2. The molecule has 0 unspecified atom stereocenters. The molecule has 2 amide bonds. The van der Waals surface area contributed by atoms with Crippen LogP contribution >= 0.6 is 11.6 Å². The second-order valence-corrected chi connectivity index (χ2v) is 6.17. The smallest absolute Gasteiger partial charge is 0.273 e. The van der Waals surface area contributed by atoms with Crippen molar-refractivity contribution < 1.29 is 18.7 Å². The first-order valence-electron chi connectivity index (χ1n) is 8.15. The van der Waals surface area contributed by atoms with Gasteiger partial charge in [-0.05, 0) is 55.0 Å². The molecule has 0 aliphatic carbocycles. The Balaban J connectivity index is 1.51. The summed E-state index contributed by atoms with van der Waals surface area (Å²) in [5, 5.41) is 0.646. The highest BCUT2D eigenvalue weighted by atomic mass is 35.5. The third-order valence-electron chi connectivity index (χ3n) is 3.83. The van der Waals surface area contributed by atoms with Gasteiger partial charge in [-0.1, -0.05) is 23.7 Å². The Hall–Kier alpha value is -3.25. The van der Waals surface area contributed by atoms with Crippen LogP contribution in [0.15, 0.2) is 65.3 Å². The second-order valence-electron chi connectivity index (χ2n) is 5.74. The van der Waals surface area contributed by atoms with Gasteiger partial charge in [0.05, 0.1) is 11.8 Å². The van der Waals surface area contributed by atoms with E-state index in [9.17, 15) is 9.59 Å². The third-order valence-corrected chi connectivity index (χ3v) is 4.08. The van der Waals surface area contributed by atoms with Gasteiger partial charge in [-0.3, -0.25) is 20.4 Å². The molecule has 0 spiro atoms. The first kappa shape index (κ1) is 18.5. The summed E-state index contributed by atoms with van der Waals surface area (Å²) in [4.78, 5) is 24.1. The summed E-state index contributed by atoms with van der Waals surface area (Å²) in [5.41, 5.74) is 6.41. The molecule has 138 valence electrons. The zero-order valence-corrected chi connectivity index (χ0v) is 15.2. The lowest BCUT2D eigenvalue weighted by atomic mass is 10.1. The molecule has 0 aliphatic heterocycles. The van der Waals surface area contributed by atoms with Crippen LogP contribution in [-0.4, -0.2) is 11.8 Å². The van der Waals surface area contributed by atoms with Gasteiger partial charge in [-0.2, -0.15) is 0 Å². The van der Waals surface area contributed by atoms with E-state index in [2.05, 4.69) is 10.9 Å². The molecule has 0 atom stereocenters. The van der Waals surface area contributed by atoms with E-state index < -0.39 is 11.8 Å². The van der Waals surface area contributed by atoms with Gasteiger partial charge in [0, 0.05) is 10.6 Å². The molecule has 27 heavy (non-hydrogen) atoms. The predicted octanol–water partition coefficient (Wildman–Crippen LogP) is 3.90. The second kappa shape index (κ2) is 8.42. The van der Waals surface area contributed by atoms with E-state index in [4.69, 9.17) is 20.8 Å². The molecule has 0 saturated carbocycles. The lowest BCUT2D eigenvalue weighted by Crippen LogP contribution is -2.41. The van der Waals surface area contributed by atoms with Gasteiger partial charge in [0.2, 0.25) is 0 Å². The number of hydrazine groups is 1. The van der Waals surface area contributed by atoms with Crippen molar-refractivity contribution in [3.8, 4) is 5.75 Å². The number of benzene rings is 2. The SMILES string of the molecule is Cc1occc1C(=O)NNC(=O)c1ccc(COc2ccc(Cl)cc2)cc1. The maximum absolute atomic E-state index is 12.1. The molecule has 2 N–H and O–H groups in total. The zero-order valence-electron chi connectivity index (χ0n) is 14.5. The number of hydrogen-bond donors (Lipinski definition) is 2. The maximum atomic E-state index is 12.1. The summed E-state index contributed by atoms with van der Waals surface area (Å²) in [6.07, 6.45) is 1.41. The summed E-state index contributed by atoms with van der Waals surface area (Å²) in [6.45, 7) is 2.03. The fourth-order valence-corrected chi connectivity index (χ4v) is 2.45. The lowest BCUT2D eigenvalue weighted by molar-refractivity contribution is 0.0845. The average molecular weight is 385 g/mol. The molecule has 0 aliphatic rings. The highest BCUT2D eigenvalue weighted by molar-refractivity contribution is 6.30. The van der Waals surface area contributed by atoms with Crippen LogP contribution in [0.3, 0.4) is 0 Å². The normalized spacial score (nSPS) is 10.3. The average Bonchev–Trinajstić information content (AvgIpc) is 3.12. The van der Waals surface area contributed by atoms with Crippen molar-refractivity contribution in [2.45, 2.75) is 13.5 Å². The number of furan rings is 1. The van der Waals surface area contributed by atoms with E-state index in [-0.39, 0.29) is 0 Å². The Bertz CT molecular complexity index is 933. The van der Waals surface area contributed by atoms with Crippen molar-refractivity contribution in [2.24, 2.45) is 0 Å². The number of ether oxygens (including phenoxy) is 1. The number of carbonyl (C=O) groups excluding carboxylic acids is 2. The monoisotopic (exact) mass is 384 g/mol. The van der Waals surface area contributed by atoms with E-state index in [1.54, 1.807) is 55.5 Å². The van der Waals surface area contributed by atoms with Gasteiger partial charge in [-0.15, -0.1) is 0 Å². The van der Waals surface area contributed by atoms with Crippen LogP contribution in [0.2, 0.25) is 5.02 Å². The van der Waals surface area contributed by atoms with Crippen molar-refractivity contribution in [3.63, 3.8) is 0 Å². The molecule has 3 aromatic rings. The van der Waals surface area contributed by atoms with Crippen LogP contribution < -0.4 is 15.6 Å². The quantitative estimate of drug-likeness (QED) is 0.654. The predicted molar refractivity (Wildman–Crippen MR) is 101 cm³/mol. The van der Waals surface area contributed by atoms with Gasteiger partial charge in [-0.25, -0.2) is 0 Å². The summed E-state index contributed by atoms with van der Waals surface area (Å²) in [7, 11) is 0. The standard InChI is InChI=1S/C20H17ClN2O4/c1-13-18(10-11-26-13)20(25)23-22-19(24)15-4-2-14(3-5-15)12-27-17-8-6-16(21)7-9-17/h2-11H,12H2,1H3,(H,22,24)(H,23,25). The summed E-state index contributed by atoms with van der Waals surface area (Å²) < 4.78 is 10.7. The Morgan fingerprint density at radius 3 is 2.26 bits per heavy atom. The Morgan fingerprint density at radius 1 is 0.963 bits per heavy atom. The van der Waals surface area contributed by atoms with Crippen LogP contribution in [-0.2, 0) is 6.61 Å². The third kappa shape index (κ3) is 4.89. The molecule has 0 radical (unpaired) electrons. The van der Waals surface area contributed by atoms with Gasteiger partial charge in [0.1, 0.15) is 18.1 Å². The van der Waals surface area contributed by atoms with Crippen LogP contribution in [0, 0.1) is 6.92 Å².